The largest absolute Gasteiger partial charge is 0.493 e. The number of benzene rings is 2. The van der Waals surface area contributed by atoms with Crippen molar-refractivity contribution in [3.8, 4) is 17.2 Å². The van der Waals surface area contributed by atoms with E-state index < -0.39 is 15.9 Å². The highest BCUT2D eigenvalue weighted by atomic mass is 32.2. The first-order valence-electron chi connectivity index (χ1n) is 9.55. The number of hydrogen-bond acceptors (Lipinski definition) is 7. The van der Waals surface area contributed by atoms with Crippen molar-refractivity contribution in [2.75, 3.05) is 21.3 Å². The van der Waals surface area contributed by atoms with Gasteiger partial charge in [0.05, 0.1) is 36.4 Å². The van der Waals surface area contributed by atoms with Crippen molar-refractivity contribution in [2.24, 2.45) is 10.1 Å². The predicted molar refractivity (Wildman–Crippen MR) is 127 cm³/mol. The number of hydrogen-bond donors (Lipinski definition) is 1. The van der Waals surface area contributed by atoms with Gasteiger partial charge in [-0.1, -0.05) is 17.4 Å². The number of amides is 1. The quantitative estimate of drug-likeness (QED) is 0.383. The van der Waals surface area contributed by atoms with E-state index in [0.29, 0.717) is 44.4 Å². The molecule has 2 N–H and O–H groups in total. The topological polar surface area (TPSA) is 122 Å². The standard InChI is InChI=1S/C22H23N3O6S2/c1-5-10-25-16-8-7-15(33(23,27)28)13-19(16)32-22(25)24-20(26)9-6-14-11-17(29-2)21(31-4)18(12-14)30-3/h5-9,11-13H,1,10H2,2-4H3,(H2,23,27,28)/b9-6-,24-22?. The number of carbonyl (C=O) groups is 1. The Hall–Kier alpha value is -3.41. The van der Waals surface area contributed by atoms with Crippen LogP contribution in [0.25, 0.3) is 16.3 Å². The minimum atomic E-state index is -3.85. The number of carbonyl (C=O) groups excluding carboxylic acids is 1. The molecule has 0 aliphatic rings. The molecule has 0 fully saturated rings. The molecule has 0 atom stereocenters. The molecule has 0 radical (unpaired) electrons. The van der Waals surface area contributed by atoms with Gasteiger partial charge in [0, 0.05) is 12.6 Å². The molecule has 0 saturated heterocycles. The Morgan fingerprint density at radius 1 is 1.15 bits per heavy atom. The summed E-state index contributed by atoms with van der Waals surface area (Å²) in [7, 11) is 0.670. The second-order valence-corrected chi connectivity index (χ2v) is 9.27. The Bertz CT molecular complexity index is 1390. The summed E-state index contributed by atoms with van der Waals surface area (Å²) in [5.41, 5.74) is 1.37. The van der Waals surface area contributed by atoms with Gasteiger partial charge in [-0.3, -0.25) is 4.79 Å². The fourth-order valence-electron chi connectivity index (χ4n) is 3.12. The fourth-order valence-corrected chi connectivity index (χ4v) is 4.82. The average Bonchev–Trinajstić information content (AvgIpc) is 3.12. The van der Waals surface area contributed by atoms with E-state index in [4.69, 9.17) is 19.3 Å². The van der Waals surface area contributed by atoms with Crippen LogP contribution in [-0.2, 0) is 21.4 Å². The number of nitrogens with two attached hydrogens (primary N) is 1. The molecule has 1 aromatic heterocycles. The molecule has 0 spiro atoms. The maximum Gasteiger partial charge on any atom is 0.272 e. The van der Waals surface area contributed by atoms with Crippen LogP contribution in [0.2, 0.25) is 0 Å². The number of ether oxygens (including phenoxy) is 3. The molecule has 0 saturated carbocycles. The Balaban J connectivity index is 2.01. The molecule has 1 amide bonds. The highest BCUT2D eigenvalue weighted by Crippen LogP contribution is 2.38. The van der Waals surface area contributed by atoms with Gasteiger partial charge in [-0.2, -0.15) is 4.99 Å². The molecular weight excluding hydrogens is 466 g/mol. The monoisotopic (exact) mass is 489 g/mol. The summed E-state index contributed by atoms with van der Waals surface area (Å²) < 4.78 is 41.7. The van der Waals surface area contributed by atoms with Crippen molar-refractivity contribution < 1.29 is 27.4 Å². The van der Waals surface area contributed by atoms with Crippen molar-refractivity contribution in [3.63, 3.8) is 0 Å². The van der Waals surface area contributed by atoms with Gasteiger partial charge in [0.25, 0.3) is 5.91 Å². The molecule has 1 heterocycles. The lowest BCUT2D eigenvalue weighted by molar-refractivity contribution is -0.113. The lowest BCUT2D eigenvalue weighted by Gasteiger charge is -2.12. The maximum atomic E-state index is 12.6. The maximum absolute atomic E-state index is 12.6. The van der Waals surface area contributed by atoms with E-state index in [1.807, 2.05) is 0 Å². The molecule has 9 nitrogen and oxygen atoms in total. The van der Waals surface area contributed by atoms with Crippen molar-refractivity contribution in [3.05, 3.63) is 59.4 Å². The number of sulfonamides is 1. The summed E-state index contributed by atoms with van der Waals surface area (Å²) in [5.74, 6) is 0.863. The minimum absolute atomic E-state index is 0.0119. The number of aromatic nitrogens is 1. The van der Waals surface area contributed by atoms with E-state index in [1.165, 1.54) is 50.9 Å². The van der Waals surface area contributed by atoms with Crippen LogP contribution in [0.4, 0.5) is 0 Å². The van der Waals surface area contributed by atoms with Crippen LogP contribution in [0.5, 0.6) is 17.2 Å². The third kappa shape index (κ3) is 5.33. The number of primary sulfonamides is 1. The van der Waals surface area contributed by atoms with Crippen LogP contribution >= 0.6 is 11.3 Å². The lowest BCUT2D eigenvalue weighted by atomic mass is 10.1. The van der Waals surface area contributed by atoms with Gasteiger partial charge >= 0.3 is 0 Å². The molecule has 0 aliphatic carbocycles. The third-order valence-electron chi connectivity index (χ3n) is 4.61. The van der Waals surface area contributed by atoms with E-state index in [9.17, 15) is 13.2 Å². The first kappa shape index (κ1) is 24.2. The predicted octanol–water partition coefficient (Wildman–Crippen LogP) is 2.70. The van der Waals surface area contributed by atoms with Crippen molar-refractivity contribution in [2.45, 2.75) is 11.4 Å². The normalized spacial score (nSPS) is 12.3. The zero-order valence-corrected chi connectivity index (χ0v) is 19.9. The molecule has 3 aromatic rings. The van der Waals surface area contributed by atoms with Crippen molar-refractivity contribution >= 4 is 43.6 Å². The number of methoxy groups -OCH3 is 3. The van der Waals surface area contributed by atoms with Crippen molar-refractivity contribution in [1.29, 1.82) is 0 Å². The van der Waals surface area contributed by atoms with E-state index in [2.05, 4.69) is 11.6 Å². The van der Waals surface area contributed by atoms with Gasteiger partial charge < -0.3 is 18.8 Å². The summed E-state index contributed by atoms with van der Waals surface area (Å²) >= 11 is 1.18. The van der Waals surface area contributed by atoms with E-state index in [0.717, 1.165) is 0 Å². The second-order valence-electron chi connectivity index (χ2n) is 6.70. The third-order valence-corrected chi connectivity index (χ3v) is 6.56. The first-order valence-corrected chi connectivity index (χ1v) is 11.9. The van der Waals surface area contributed by atoms with E-state index in [-0.39, 0.29) is 4.90 Å². The summed E-state index contributed by atoms with van der Waals surface area (Å²) in [4.78, 5) is 17.2. The molecular formula is C22H23N3O6S2. The molecule has 3 rings (SSSR count). The minimum Gasteiger partial charge on any atom is -0.493 e. The fraction of sp³-hybridized carbons (Fsp3) is 0.182. The molecule has 0 bridgehead atoms. The van der Waals surface area contributed by atoms with Crippen LogP contribution < -0.4 is 24.2 Å². The van der Waals surface area contributed by atoms with Gasteiger partial charge in [0.2, 0.25) is 15.8 Å². The van der Waals surface area contributed by atoms with Crippen LogP contribution in [0, 0.1) is 0 Å². The van der Waals surface area contributed by atoms with Crippen LogP contribution in [-0.4, -0.2) is 40.2 Å². The zero-order valence-electron chi connectivity index (χ0n) is 18.3. The SMILES string of the molecule is C=CCn1c(=NC(=O)/C=C\c2cc(OC)c(OC)c(OC)c2)sc2cc(S(N)(=O)=O)ccc21. The Kier molecular flexibility index (Phi) is 7.36. The smallest absolute Gasteiger partial charge is 0.272 e. The van der Waals surface area contributed by atoms with Gasteiger partial charge in [0.15, 0.2) is 16.3 Å². The van der Waals surface area contributed by atoms with Gasteiger partial charge in [-0.15, -0.1) is 6.58 Å². The summed E-state index contributed by atoms with van der Waals surface area (Å²) in [6.45, 7) is 4.12. The molecule has 11 heteroatoms. The highest BCUT2D eigenvalue weighted by Gasteiger charge is 2.14. The number of fused-ring (bicyclic) bond motifs is 1. The summed E-state index contributed by atoms with van der Waals surface area (Å²) in [6.07, 6.45) is 4.56. The van der Waals surface area contributed by atoms with Crippen LogP contribution in [0.15, 0.2) is 59.0 Å². The number of allylic oxidation sites excluding steroid dienone is 1. The van der Waals surface area contributed by atoms with Gasteiger partial charge in [0.1, 0.15) is 0 Å². The molecule has 2 aromatic carbocycles. The average molecular weight is 490 g/mol. The van der Waals surface area contributed by atoms with Crippen LogP contribution in [0.3, 0.4) is 0 Å². The Morgan fingerprint density at radius 3 is 2.36 bits per heavy atom. The second kappa shape index (κ2) is 10.0. The summed E-state index contributed by atoms with van der Waals surface area (Å²) in [5, 5.41) is 5.23. The van der Waals surface area contributed by atoms with E-state index in [1.54, 1.807) is 34.9 Å². The Labute approximate surface area is 195 Å². The van der Waals surface area contributed by atoms with E-state index >= 15 is 0 Å². The highest BCUT2D eigenvalue weighted by molar-refractivity contribution is 7.89. The molecule has 0 unspecified atom stereocenters. The summed E-state index contributed by atoms with van der Waals surface area (Å²) in [6, 6.07) is 7.92. The van der Waals surface area contributed by atoms with Crippen molar-refractivity contribution in [1.82, 2.24) is 4.57 Å². The number of thiazole rings is 1. The van der Waals surface area contributed by atoms with Gasteiger partial charge in [-0.05, 0) is 42.0 Å². The number of rotatable bonds is 8. The first-order chi connectivity index (χ1) is 15.7. The molecule has 0 aliphatic heterocycles. The molecule has 33 heavy (non-hydrogen) atoms. The molecule has 174 valence electrons. The Morgan fingerprint density at radius 2 is 1.82 bits per heavy atom. The lowest BCUT2D eigenvalue weighted by Crippen LogP contribution is -2.15. The van der Waals surface area contributed by atoms with Gasteiger partial charge in [-0.25, -0.2) is 13.6 Å². The zero-order chi connectivity index (χ0) is 24.2. The van der Waals surface area contributed by atoms with Crippen LogP contribution in [0.1, 0.15) is 5.56 Å². The number of nitrogens with zero attached hydrogens (tertiary/aromatic N) is 2.